The molecule has 0 unspecified atom stereocenters. The molecule has 7 nitrogen and oxygen atoms in total. The Hall–Kier alpha value is -2.44. The van der Waals surface area contributed by atoms with Crippen molar-refractivity contribution in [1.82, 2.24) is 24.6 Å². The van der Waals surface area contributed by atoms with Crippen molar-refractivity contribution in [2.24, 2.45) is 0 Å². The van der Waals surface area contributed by atoms with E-state index in [1.807, 2.05) is 0 Å². The first-order valence-electron chi connectivity index (χ1n) is 4.65. The van der Waals surface area contributed by atoms with Crippen molar-refractivity contribution in [1.29, 1.82) is 0 Å². The second-order valence-corrected chi connectivity index (χ2v) is 3.25. The number of aromatic nitrogens is 5. The van der Waals surface area contributed by atoms with Gasteiger partial charge in [0.25, 0.3) is 5.78 Å². The number of fused-ring (bicyclic) bond motifs is 1. The van der Waals surface area contributed by atoms with E-state index in [1.54, 1.807) is 25.3 Å². The van der Waals surface area contributed by atoms with Crippen LogP contribution in [0.3, 0.4) is 0 Å². The fraction of sp³-hybridized carbons (Fsp3) is 0.111. The molecule has 0 aliphatic carbocycles. The number of nitrogens with two attached hydrogens (primary N) is 1. The van der Waals surface area contributed by atoms with Crippen LogP contribution in [-0.4, -0.2) is 24.6 Å². The molecule has 3 heterocycles. The Morgan fingerprint density at radius 3 is 2.94 bits per heavy atom. The van der Waals surface area contributed by atoms with E-state index in [2.05, 4.69) is 20.1 Å². The molecule has 3 aromatic rings. The van der Waals surface area contributed by atoms with Gasteiger partial charge in [-0.15, -0.1) is 5.10 Å². The fourth-order valence-electron chi connectivity index (χ4n) is 1.42. The third-order valence-electron chi connectivity index (χ3n) is 2.09. The molecule has 80 valence electrons. The summed E-state index contributed by atoms with van der Waals surface area (Å²) >= 11 is 0. The van der Waals surface area contributed by atoms with Gasteiger partial charge in [-0.3, -0.25) is 0 Å². The number of nitrogen functional groups attached to an aromatic ring is 1. The highest BCUT2D eigenvalue weighted by molar-refractivity contribution is 5.50. The van der Waals surface area contributed by atoms with Crippen molar-refractivity contribution >= 4 is 11.7 Å². The lowest BCUT2D eigenvalue weighted by molar-refractivity contribution is 0.577. The van der Waals surface area contributed by atoms with Crippen molar-refractivity contribution in [2.75, 3.05) is 5.73 Å². The topological polar surface area (TPSA) is 95.1 Å². The van der Waals surface area contributed by atoms with Gasteiger partial charge in [-0.1, -0.05) is 0 Å². The van der Waals surface area contributed by atoms with E-state index in [4.69, 9.17) is 10.2 Å². The first kappa shape index (κ1) is 8.84. The summed E-state index contributed by atoms with van der Waals surface area (Å²) in [5, 5.41) is 4.16. The molecule has 2 N–H and O–H groups in total. The minimum absolute atomic E-state index is 0.257. The lowest BCUT2D eigenvalue weighted by atomic mass is 10.4. The van der Waals surface area contributed by atoms with Crippen LogP contribution < -0.4 is 5.73 Å². The number of nitrogens with zero attached hydrogens (tertiary/aromatic N) is 5. The Labute approximate surface area is 90.0 Å². The maximum absolute atomic E-state index is 5.70. The Kier molecular flexibility index (Phi) is 1.67. The Morgan fingerprint density at radius 1 is 1.31 bits per heavy atom. The summed E-state index contributed by atoms with van der Waals surface area (Å²) in [6.07, 6.45) is 1.56. The summed E-state index contributed by atoms with van der Waals surface area (Å²) in [4.78, 5) is 12.3. The van der Waals surface area contributed by atoms with Crippen molar-refractivity contribution in [3.05, 3.63) is 24.2 Å². The number of anilines is 1. The van der Waals surface area contributed by atoms with E-state index in [0.717, 1.165) is 0 Å². The summed E-state index contributed by atoms with van der Waals surface area (Å²) in [5.74, 6) is 2.24. The predicted molar refractivity (Wildman–Crippen MR) is 55.4 cm³/mol. The average Bonchev–Trinajstić information content (AvgIpc) is 2.82. The van der Waals surface area contributed by atoms with Crippen LogP contribution in [0.4, 0.5) is 5.95 Å². The van der Waals surface area contributed by atoms with Crippen molar-refractivity contribution in [3.63, 3.8) is 0 Å². The van der Waals surface area contributed by atoms with Gasteiger partial charge in [0.1, 0.15) is 5.82 Å². The zero-order valence-electron chi connectivity index (χ0n) is 8.45. The molecule has 3 rings (SSSR count). The van der Waals surface area contributed by atoms with Crippen LogP contribution in [0.2, 0.25) is 0 Å². The third-order valence-corrected chi connectivity index (χ3v) is 2.09. The van der Waals surface area contributed by atoms with Crippen molar-refractivity contribution < 1.29 is 4.42 Å². The molecule has 0 radical (unpaired) electrons. The SMILES string of the molecule is Cc1nc(N)n2nc(-c3ccco3)nc2n1. The number of aryl methyl sites for hydroxylation is 1. The molecule has 0 saturated heterocycles. The van der Waals surface area contributed by atoms with Crippen LogP contribution in [0, 0.1) is 6.92 Å². The predicted octanol–water partition coefficient (Wildman–Crippen LogP) is 0.670. The molecule has 0 aliphatic rings. The number of hydrogen-bond donors (Lipinski definition) is 1. The van der Waals surface area contributed by atoms with E-state index in [0.29, 0.717) is 23.2 Å². The lowest BCUT2D eigenvalue weighted by Crippen LogP contribution is -2.05. The van der Waals surface area contributed by atoms with Crippen molar-refractivity contribution in [2.45, 2.75) is 6.92 Å². The second kappa shape index (κ2) is 3.02. The van der Waals surface area contributed by atoms with Crippen LogP contribution >= 0.6 is 0 Å². The summed E-state index contributed by atoms with van der Waals surface area (Å²) in [6, 6.07) is 3.53. The summed E-state index contributed by atoms with van der Waals surface area (Å²) < 4.78 is 6.57. The molecule has 0 amide bonds. The Morgan fingerprint density at radius 2 is 2.19 bits per heavy atom. The van der Waals surface area contributed by atoms with Gasteiger partial charge < -0.3 is 10.2 Å². The Bertz CT molecular complexity index is 641. The van der Waals surface area contributed by atoms with Crippen LogP contribution in [0.1, 0.15) is 5.82 Å². The van der Waals surface area contributed by atoms with Gasteiger partial charge in [0, 0.05) is 0 Å². The molecule has 0 saturated carbocycles. The van der Waals surface area contributed by atoms with Gasteiger partial charge in [-0.05, 0) is 19.1 Å². The van der Waals surface area contributed by atoms with E-state index in [1.165, 1.54) is 4.52 Å². The maximum Gasteiger partial charge on any atom is 0.257 e. The average molecular weight is 216 g/mol. The van der Waals surface area contributed by atoms with E-state index in [9.17, 15) is 0 Å². The molecule has 7 heteroatoms. The second-order valence-electron chi connectivity index (χ2n) is 3.25. The minimum Gasteiger partial charge on any atom is -0.461 e. The number of rotatable bonds is 1. The number of furan rings is 1. The normalized spacial score (nSPS) is 11.1. The molecule has 0 spiro atoms. The van der Waals surface area contributed by atoms with E-state index < -0.39 is 0 Å². The smallest absolute Gasteiger partial charge is 0.257 e. The summed E-state index contributed by atoms with van der Waals surface area (Å²) in [7, 11) is 0. The third kappa shape index (κ3) is 1.22. The fourth-order valence-corrected chi connectivity index (χ4v) is 1.42. The molecule has 0 fully saturated rings. The van der Waals surface area contributed by atoms with Crippen LogP contribution in [0.25, 0.3) is 17.4 Å². The highest BCUT2D eigenvalue weighted by Gasteiger charge is 2.12. The monoisotopic (exact) mass is 216 g/mol. The lowest BCUT2D eigenvalue weighted by Gasteiger charge is -1.95. The number of hydrogen-bond acceptors (Lipinski definition) is 6. The van der Waals surface area contributed by atoms with Crippen molar-refractivity contribution in [3.8, 4) is 11.6 Å². The molecular formula is C9H8N6O. The molecule has 0 atom stereocenters. The van der Waals surface area contributed by atoms with Gasteiger partial charge >= 0.3 is 0 Å². The zero-order chi connectivity index (χ0) is 11.1. The van der Waals surface area contributed by atoms with Crippen LogP contribution in [0.5, 0.6) is 0 Å². The highest BCUT2D eigenvalue weighted by atomic mass is 16.3. The molecular weight excluding hydrogens is 208 g/mol. The first-order valence-corrected chi connectivity index (χ1v) is 4.65. The highest BCUT2D eigenvalue weighted by Crippen LogP contribution is 2.16. The summed E-state index contributed by atoms with van der Waals surface area (Å²) in [6.45, 7) is 1.75. The minimum atomic E-state index is 0.257. The molecule has 0 aliphatic heterocycles. The largest absolute Gasteiger partial charge is 0.461 e. The maximum atomic E-state index is 5.70. The van der Waals surface area contributed by atoms with Crippen LogP contribution in [0.15, 0.2) is 22.8 Å². The molecule has 0 aromatic carbocycles. The zero-order valence-corrected chi connectivity index (χ0v) is 8.45. The van der Waals surface area contributed by atoms with Gasteiger partial charge in [-0.25, -0.2) is 0 Å². The van der Waals surface area contributed by atoms with Gasteiger partial charge in [0.15, 0.2) is 5.76 Å². The van der Waals surface area contributed by atoms with E-state index in [-0.39, 0.29) is 5.95 Å². The van der Waals surface area contributed by atoms with Gasteiger partial charge in [0.2, 0.25) is 11.8 Å². The van der Waals surface area contributed by atoms with E-state index >= 15 is 0 Å². The summed E-state index contributed by atoms with van der Waals surface area (Å²) in [5.41, 5.74) is 5.70. The standard InChI is InChI=1S/C9H8N6O/c1-5-11-8(10)15-9(12-5)13-7(14-15)6-3-2-4-16-6/h2-4H,1H3,(H2,10,11,12,13,14). The quantitative estimate of drug-likeness (QED) is 0.642. The molecule has 0 bridgehead atoms. The Balaban J connectivity index is 2.27. The van der Waals surface area contributed by atoms with Gasteiger partial charge in [-0.2, -0.15) is 19.5 Å². The first-order chi connectivity index (χ1) is 7.74. The van der Waals surface area contributed by atoms with Gasteiger partial charge in [0.05, 0.1) is 6.26 Å². The van der Waals surface area contributed by atoms with Crippen LogP contribution in [-0.2, 0) is 0 Å². The molecule has 16 heavy (non-hydrogen) atoms. The molecule has 3 aromatic heterocycles.